The zero-order valence-corrected chi connectivity index (χ0v) is 11.8. The van der Waals surface area contributed by atoms with Crippen molar-refractivity contribution in [2.24, 2.45) is 4.99 Å². The zero-order chi connectivity index (χ0) is 16.3. The van der Waals surface area contributed by atoms with Gasteiger partial charge in [0.1, 0.15) is 0 Å². The average molecular weight is 334 g/mol. The van der Waals surface area contributed by atoms with Crippen LogP contribution in [0, 0.1) is 0 Å². The van der Waals surface area contributed by atoms with Crippen molar-refractivity contribution in [1.82, 2.24) is 5.32 Å². The Morgan fingerprint density at radius 1 is 1.32 bits per heavy atom. The maximum absolute atomic E-state index is 12.7. The van der Waals surface area contributed by atoms with E-state index in [-0.39, 0.29) is 17.3 Å². The molecule has 1 heterocycles. The molecule has 1 aliphatic rings. The Morgan fingerprint density at radius 2 is 2.05 bits per heavy atom. The summed E-state index contributed by atoms with van der Waals surface area (Å²) < 4.78 is 38.2. The molecule has 0 unspecified atom stereocenters. The van der Waals surface area contributed by atoms with Crippen molar-refractivity contribution < 1.29 is 23.1 Å². The maximum Gasteiger partial charge on any atom is 0.417 e. The number of aliphatic hydroxyl groups excluding tert-OH is 1. The van der Waals surface area contributed by atoms with Crippen LogP contribution < -0.4 is 10.6 Å². The van der Waals surface area contributed by atoms with Crippen LogP contribution in [0.25, 0.3) is 0 Å². The van der Waals surface area contributed by atoms with E-state index in [4.69, 9.17) is 11.6 Å². The van der Waals surface area contributed by atoms with E-state index in [1.807, 2.05) is 0 Å². The number of alkyl halides is 3. The van der Waals surface area contributed by atoms with Crippen molar-refractivity contribution in [3.63, 3.8) is 0 Å². The van der Waals surface area contributed by atoms with Crippen molar-refractivity contribution in [1.29, 1.82) is 0 Å². The molecule has 3 N–H and O–H groups in total. The molecule has 0 aliphatic carbocycles. The van der Waals surface area contributed by atoms with Gasteiger partial charge in [-0.25, -0.2) is 4.79 Å². The molecule has 0 bridgehead atoms. The second kappa shape index (κ2) is 6.27. The van der Waals surface area contributed by atoms with Gasteiger partial charge in [0.2, 0.25) is 0 Å². The number of dihydropyridines is 1. The van der Waals surface area contributed by atoms with Crippen LogP contribution in [-0.4, -0.2) is 23.5 Å². The predicted octanol–water partition coefficient (Wildman–Crippen LogP) is 3.72. The number of nitrogens with one attached hydrogen (secondary N) is 2. The van der Waals surface area contributed by atoms with Gasteiger partial charge >= 0.3 is 12.2 Å². The third kappa shape index (κ3) is 3.91. The number of anilines is 1. The van der Waals surface area contributed by atoms with Gasteiger partial charge in [0.15, 0.2) is 11.6 Å². The Morgan fingerprint density at radius 3 is 2.68 bits per heavy atom. The highest BCUT2D eigenvalue weighted by Gasteiger charge is 2.33. The number of benzene rings is 1. The van der Waals surface area contributed by atoms with Crippen LogP contribution >= 0.6 is 11.6 Å². The number of carbonyl (C=O) groups is 1. The first-order valence-electron chi connectivity index (χ1n) is 6.16. The van der Waals surface area contributed by atoms with E-state index in [2.05, 4.69) is 15.6 Å². The van der Waals surface area contributed by atoms with Crippen LogP contribution in [0.4, 0.5) is 23.7 Å². The first-order chi connectivity index (χ1) is 10.3. The highest BCUT2D eigenvalue weighted by Crippen LogP contribution is 2.36. The van der Waals surface area contributed by atoms with Gasteiger partial charge in [-0.05, 0) is 30.7 Å². The van der Waals surface area contributed by atoms with Crippen LogP contribution in [0.1, 0.15) is 12.0 Å². The SMILES string of the molecule is O=C(NC1=NCCC=C1O)Nc1ccc(Cl)c(C(F)(F)F)c1. The molecular formula is C13H11ClF3N3O2. The van der Waals surface area contributed by atoms with Gasteiger partial charge in [0, 0.05) is 12.2 Å². The number of amides is 2. The Bertz CT molecular complexity index is 656. The summed E-state index contributed by atoms with van der Waals surface area (Å²) in [6.45, 7) is 0.402. The lowest BCUT2D eigenvalue weighted by molar-refractivity contribution is -0.137. The number of rotatable bonds is 1. The van der Waals surface area contributed by atoms with Gasteiger partial charge in [0.05, 0.1) is 10.6 Å². The lowest BCUT2D eigenvalue weighted by atomic mass is 10.2. The van der Waals surface area contributed by atoms with Gasteiger partial charge < -0.3 is 10.4 Å². The van der Waals surface area contributed by atoms with Crippen molar-refractivity contribution in [3.05, 3.63) is 40.6 Å². The summed E-state index contributed by atoms with van der Waals surface area (Å²) in [5, 5.41) is 13.5. The van der Waals surface area contributed by atoms with E-state index in [9.17, 15) is 23.1 Å². The Hall–Kier alpha value is -2.22. The van der Waals surface area contributed by atoms with Crippen LogP contribution in [0.2, 0.25) is 5.02 Å². The fourth-order valence-corrected chi connectivity index (χ4v) is 1.97. The first-order valence-corrected chi connectivity index (χ1v) is 6.54. The molecule has 118 valence electrons. The summed E-state index contributed by atoms with van der Waals surface area (Å²) in [7, 11) is 0. The molecule has 2 amide bonds. The number of hydrogen-bond donors (Lipinski definition) is 3. The summed E-state index contributed by atoms with van der Waals surface area (Å²) in [5.41, 5.74) is -1.14. The number of hydrogen-bond acceptors (Lipinski definition) is 3. The third-order valence-corrected chi connectivity index (χ3v) is 3.07. The molecule has 0 saturated heterocycles. The minimum Gasteiger partial charge on any atom is -0.504 e. The Kier molecular flexibility index (Phi) is 4.60. The maximum atomic E-state index is 12.7. The molecule has 0 aromatic heterocycles. The number of urea groups is 1. The average Bonchev–Trinajstić information content (AvgIpc) is 2.42. The minimum absolute atomic E-state index is 0.0336. The second-order valence-corrected chi connectivity index (χ2v) is 4.79. The van der Waals surface area contributed by atoms with E-state index in [1.54, 1.807) is 0 Å². The highest BCUT2D eigenvalue weighted by atomic mass is 35.5. The van der Waals surface area contributed by atoms with Crippen LogP contribution in [0.3, 0.4) is 0 Å². The van der Waals surface area contributed by atoms with Crippen LogP contribution in [0.15, 0.2) is 35.0 Å². The van der Waals surface area contributed by atoms with E-state index >= 15 is 0 Å². The molecule has 9 heteroatoms. The largest absolute Gasteiger partial charge is 0.504 e. The van der Waals surface area contributed by atoms with Crippen molar-refractivity contribution in [2.75, 3.05) is 11.9 Å². The predicted molar refractivity (Wildman–Crippen MR) is 76.2 cm³/mol. The molecular weight excluding hydrogens is 323 g/mol. The third-order valence-electron chi connectivity index (χ3n) is 2.74. The number of aliphatic imine (C=N–C) groups is 1. The van der Waals surface area contributed by atoms with Crippen molar-refractivity contribution in [2.45, 2.75) is 12.6 Å². The number of halogens is 4. The fraction of sp³-hybridized carbons (Fsp3) is 0.231. The van der Waals surface area contributed by atoms with Crippen LogP contribution in [-0.2, 0) is 6.18 Å². The standard InChI is InChI=1S/C13H11ClF3N3O2/c14-9-4-3-7(6-8(9)13(15,16)17)19-12(22)20-11-10(21)2-1-5-18-11/h2-4,6,21H,1,5H2,(H2,18,19,20,22). The van der Waals surface area contributed by atoms with E-state index in [0.29, 0.717) is 13.0 Å². The number of aliphatic hydroxyl groups is 1. The smallest absolute Gasteiger partial charge is 0.417 e. The fourth-order valence-electron chi connectivity index (χ4n) is 1.75. The van der Waals surface area contributed by atoms with Gasteiger partial charge in [-0.2, -0.15) is 13.2 Å². The van der Waals surface area contributed by atoms with Crippen molar-refractivity contribution >= 4 is 29.2 Å². The van der Waals surface area contributed by atoms with Gasteiger partial charge in [-0.1, -0.05) is 11.6 Å². The Balaban J connectivity index is 2.09. The lowest BCUT2D eigenvalue weighted by Gasteiger charge is -2.14. The highest BCUT2D eigenvalue weighted by molar-refractivity contribution is 6.31. The lowest BCUT2D eigenvalue weighted by Crippen LogP contribution is -2.36. The van der Waals surface area contributed by atoms with E-state index in [0.717, 1.165) is 12.1 Å². The summed E-state index contributed by atoms with van der Waals surface area (Å²) >= 11 is 5.48. The molecule has 1 aliphatic heterocycles. The minimum atomic E-state index is -4.63. The molecule has 5 nitrogen and oxygen atoms in total. The van der Waals surface area contributed by atoms with E-state index < -0.39 is 22.8 Å². The number of carbonyl (C=O) groups excluding carboxylic acids is 1. The number of nitrogens with zero attached hydrogens (tertiary/aromatic N) is 1. The monoisotopic (exact) mass is 333 g/mol. The Labute approximate surface area is 128 Å². The van der Waals surface area contributed by atoms with Gasteiger partial charge in [-0.15, -0.1) is 0 Å². The molecule has 0 radical (unpaired) electrons. The molecule has 1 aromatic carbocycles. The quantitative estimate of drug-likeness (QED) is 0.732. The molecule has 0 saturated carbocycles. The summed E-state index contributed by atoms with van der Waals surface area (Å²) in [6.07, 6.45) is -2.60. The molecule has 2 rings (SSSR count). The van der Waals surface area contributed by atoms with Gasteiger partial charge in [0.25, 0.3) is 0 Å². The molecule has 0 spiro atoms. The van der Waals surface area contributed by atoms with Crippen molar-refractivity contribution in [3.8, 4) is 0 Å². The van der Waals surface area contributed by atoms with Crippen LogP contribution in [0.5, 0.6) is 0 Å². The first kappa shape index (κ1) is 16.2. The summed E-state index contributed by atoms with van der Waals surface area (Å²) in [4.78, 5) is 15.6. The summed E-state index contributed by atoms with van der Waals surface area (Å²) in [6, 6.07) is 2.17. The number of amidine groups is 1. The topological polar surface area (TPSA) is 73.7 Å². The van der Waals surface area contributed by atoms with Gasteiger partial charge in [-0.3, -0.25) is 10.3 Å². The van der Waals surface area contributed by atoms with E-state index in [1.165, 1.54) is 12.1 Å². The zero-order valence-electron chi connectivity index (χ0n) is 11.0. The normalized spacial score (nSPS) is 14.9. The molecule has 0 fully saturated rings. The summed E-state index contributed by atoms with van der Waals surface area (Å²) in [5.74, 6) is -0.220. The molecule has 22 heavy (non-hydrogen) atoms. The molecule has 1 aromatic rings. The second-order valence-electron chi connectivity index (χ2n) is 4.38. The molecule has 0 atom stereocenters.